The number of nitrogens with zero attached hydrogens (tertiary/aromatic N) is 3. The van der Waals surface area contributed by atoms with Crippen molar-refractivity contribution in [2.75, 3.05) is 46.8 Å². The number of likely N-dealkylation sites (N-methyl/N-ethyl adjacent to an activating group) is 1. The highest BCUT2D eigenvalue weighted by Gasteiger charge is 2.15. The minimum absolute atomic E-state index is 0. The summed E-state index contributed by atoms with van der Waals surface area (Å²) >= 11 is 0. The summed E-state index contributed by atoms with van der Waals surface area (Å²) in [6.45, 7) is 10.0. The van der Waals surface area contributed by atoms with Crippen LogP contribution in [0.2, 0.25) is 0 Å². The van der Waals surface area contributed by atoms with Gasteiger partial charge in [-0.2, -0.15) is 0 Å². The molecule has 6 heteroatoms. The van der Waals surface area contributed by atoms with Gasteiger partial charge >= 0.3 is 0 Å². The Labute approximate surface area is 157 Å². The van der Waals surface area contributed by atoms with Gasteiger partial charge in [0.15, 0.2) is 5.96 Å². The number of nitrogens with one attached hydrogen (secondary N) is 2. The molecule has 2 rings (SSSR count). The summed E-state index contributed by atoms with van der Waals surface area (Å²) in [5.74, 6) is 0.817. The molecule has 0 aliphatic carbocycles. The normalized spacial score (nSPS) is 16.7. The summed E-state index contributed by atoms with van der Waals surface area (Å²) in [4.78, 5) is 9.17. The summed E-state index contributed by atoms with van der Waals surface area (Å²) in [5, 5.41) is 6.29. The summed E-state index contributed by atoms with van der Waals surface area (Å²) in [5.41, 5.74) is 2.67. The molecule has 5 nitrogen and oxygen atoms in total. The molecular formula is C17H30IN5. The van der Waals surface area contributed by atoms with Gasteiger partial charge in [-0.1, -0.05) is 31.2 Å². The molecule has 0 amide bonds. The summed E-state index contributed by atoms with van der Waals surface area (Å²) in [6, 6.07) is 8.89. The number of guanidine groups is 1. The van der Waals surface area contributed by atoms with E-state index in [0.717, 1.165) is 19.0 Å². The van der Waals surface area contributed by atoms with Gasteiger partial charge in [0.2, 0.25) is 0 Å². The van der Waals surface area contributed by atoms with Gasteiger partial charge in [0.1, 0.15) is 0 Å². The molecule has 1 aliphatic rings. The van der Waals surface area contributed by atoms with Crippen molar-refractivity contribution in [3.8, 4) is 0 Å². The summed E-state index contributed by atoms with van der Waals surface area (Å²) < 4.78 is 0. The van der Waals surface area contributed by atoms with E-state index in [1.807, 2.05) is 7.05 Å². The van der Waals surface area contributed by atoms with Gasteiger partial charge in [-0.3, -0.25) is 9.89 Å². The highest BCUT2D eigenvalue weighted by molar-refractivity contribution is 14.0. The molecule has 0 radical (unpaired) electrons. The largest absolute Gasteiger partial charge is 0.359 e. The van der Waals surface area contributed by atoms with Crippen LogP contribution in [0.4, 0.5) is 0 Å². The van der Waals surface area contributed by atoms with Gasteiger partial charge in [0.05, 0.1) is 0 Å². The molecule has 0 spiro atoms. The molecule has 0 bridgehead atoms. The number of halogens is 1. The molecule has 0 atom stereocenters. The predicted molar refractivity (Wildman–Crippen MR) is 109 cm³/mol. The van der Waals surface area contributed by atoms with E-state index in [2.05, 4.69) is 56.6 Å². The van der Waals surface area contributed by atoms with Crippen molar-refractivity contribution in [1.82, 2.24) is 20.4 Å². The number of rotatable bonds is 5. The Morgan fingerprint density at radius 2 is 1.61 bits per heavy atom. The second-order valence-electron chi connectivity index (χ2n) is 5.70. The first-order chi connectivity index (χ1) is 10.7. The smallest absolute Gasteiger partial charge is 0.190 e. The molecule has 0 saturated carbocycles. The van der Waals surface area contributed by atoms with Crippen LogP contribution in [-0.4, -0.2) is 62.6 Å². The number of benzene rings is 1. The highest BCUT2D eigenvalue weighted by Crippen LogP contribution is 2.10. The molecule has 1 heterocycles. The average molecular weight is 431 g/mol. The zero-order valence-electron chi connectivity index (χ0n) is 14.5. The Hall–Kier alpha value is -0.860. The molecular weight excluding hydrogens is 401 g/mol. The molecule has 1 saturated heterocycles. The van der Waals surface area contributed by atoms with E-state index in [9.17, 15) is 0 Å². The molecule has 0 aromatic heterocycles. The van der Waals surface area contributed by atoms with Crippen LogP contribution < -0.4 is 10.6 Å². The quantitative estimate of drug-likeness (QED) is 0.424. The van der Waals surface area contributed by atoms with Gasteiger partial charge in [-0.25, -0.2) is 0 Å². The molecule has 1 aromatic rings. The third-order valence-corrected chi connectivity index (χ3v) is 4.26. The van der Waals surface area contributed by atoms with Crippen LogP contribution in [-0.2, 0) is 13.1 Å². The standard InChI is InChI=1S/C17H29N5.HI/c1-4-21-9-11-22(12-10-21)14-16-7-5-15(6-8-16)13-20-17(18-2)19-3;/h5-8H,4,9-14H2,1-3H3,(H2,18,19,20);1H. The number of hydrogen-bond donors (Lipinski definition) is 2. The van der Waals surface area contributed by atoms with Crippen molar-refractivity contribution >= 4 is 29.9 Å². The maximum atomic E-state index is 4.11. The van der Waals surface area contributed by atoms with E-state index < -0.39 is 0 Å². The van der Waals surface area contributed by atoms with Crippen LogP contribution >= 0.6 is 24.0 Å². The first kappa shape index (κ1) is 20.2. The van der Waals surface area contributed by atoms with E-state index in [-0.39, 0.29) is 24.0 Å². The fraction of sp³-hybridized carbons (Fsp3) is 0.588. The van der Waals surface area contributed by atoms with Crippen LogP contribution in [0, 0.1) is 0 Å². The van der Waals surface area contributed by atoms with Crippen LogP contribution in [0.1, 0.15) is 18.1 Å². The Bertz CT molecular complexity index is 466. The molecule has 23 heavy (non-hydrogen) atoms. The fourth-order valence-corrected chi connectivity index (χ4v) is 2.75. The second kappa shape index (κ2) is 10.8. The van der Waals surface area contributed by atoms with Gasteiger partial charge in [0, 0.05) is 53.4 Å². The van der Waals surface area contributed by atoms with Gasteiger partial charge in [-0.15, -0.1) is 24.0 Å². The SMILES string of the molecule is CCN1CCN(Cc2ccc(CNC(=NC)NC)cc2)CC1.I. The topological polar surface area (TPSA) is 42.9 Å². The molecule has 0 unspecified atom stereocenters. The molecule has 2 N–H and O–H groups in total. The van der Waals surface area contributed by atoms with Gasteiger partial charge in [0.25, 0.3) is 0 Å². The molecule has 1 aromatic carbocycles. The Morgan fingerprint density at radius 3 is 2.13 bits per heavy atom. The Morgan fingerprint density at radius 1 is 1.04 bits per heavy atom. The van der Waals surface area contributed by atoms with Crippen molar-refractivity contribution in [3.05, 3.63) is 35.4 Å². The van der Waals surface area contributed by atoms with Gasteiger partial charge < -0.3 is 15.5 Å². The zero-order valence-corrected chi connectivity index (χ0v) is 16.8. The first-order valence-electron chi connectivity index (χ1n) is 8.16. The minimum Gasteiger partial charge on any atom is -0.359 e. The molecule has 1 fully saturated rings. The van der Waals surface area contributed by atoms with Crippen molar-refractivity contribution < 1.29 is 0 Å². The lowest BCUT2D eigenvalue weighted by atomic mass is 10.1. The van der Waals surface area contributed by atoms with Crippen LogP contribution in [0.15, 0.2) is 29.3 Å². The van der Waals surface area contributed by atoms with E-state index in [1.165, 1.54) is 43.9 Å². The van der Waals surface area contributed by atoms with Crippen molar-refractivity contribution in [1.29, 1.82) is 0 Å². The predicted octanol–water partition coefficient (Wildman–Crippen LogP) is 1.74. The van der Waals surface area contributed by atoms with Crippen LogP contribution in [0.3, 0.4) is 0 Å². The lowest BCUT2D eigenvalue weighted by Crippen LogP contribution is -2.45. The minimum atomic E-state index is 0. The lowest BCUT2D eigenvalue weighted by molar-refractivity contribution is 0.132. The Balaban J connectivity index is 0.00000264. The summed E-state index contributed by atoms with van der Waals surface area (Å²) in [7, 11) is 3.65. The molecule has 1 aliphatic heterocycles. The Kier molecular flexibility index (Phi) is 9.50. The van der Waals surface area contributed by atoms with Gasteiger partial charge in [-0.05, 0) is 17.7 Å². The van der Waals surface area contributed by atoms with Crippen LogP contribution in [0.25, 0.3) is 0 Å². The third kappa shape index (κ3) is 6.64. The fourth-order valence-electron chi connectivity index (χ4n) is 2.75. The maximum absolute atomic E-state index is 4.11. The highest BCUT2D eigenvalue weighted by atomic mass is 127. The number of piperazine rings is 1. The van der Waals surface area contributed by atoms with Crippen molar-refractivity contribution in [2.45, 2.75) is 20.0 Å². The van der Waals surface area contributed by atoms with Crippen molar-refractivity contribution in [3.63, 3.8) is 0 Å². The zero-order chi connectivity index (χ0) is 15.8. The second-order valence-corrected chi connectivity index (χ2v) is 5.70. The monoisotopic (exact) mass is 431 g/mol. The van der Waals surface area contributed by atoms with Crippen LogP contribution in [0.5, 0.6) is 0 Å². The van der Waals surface area contributed by atoms with Crippen molar-refractivity contribution in [2.24, 2.45) is 4.99 Å². The van der Waals surface area contributed by atoms with E-state index >= 15 is 0 Å². The number of hydrogen-bond acceptors (Lipinski definition) is 3. The molecule has 130 valence electrons. The van der Waals surface area contributed by atoms with E-state index in [4.69, 9.17) is 0 Å². The summed E-state index contributed by atoms with van der Waals surface area (Å²) in [6.07, 6.45) is 0. The third-order valence-electron chi connectivity index (χ3n) is 4.26. The van der Waals surface area contributed by atoms with E-state index in [1.54, 1.807) is 7.05 Å². The van der Waals surface area contributed by atoms with E-state index in [0.29, 0.717) is 0 Å². The lowest BCUT2D eigenvalue weighted by Gasteiger charge is -2.34. The first-order valence-corrected chi connectivity index (χ1v) is 8.16. The maximum Gasteiger partial charge on any atom is 0.190 e. The average Bonchev–Trinajstić information content (AvgIpc) is 2.58. The number of aliphatic imine (C=N–C) groups is 1.